The molecule has 1 saturated heterocycles. The Morgan fingerprint density at radius 1 is 1.30 bits per heavy atom. The fraction of sp³-hybridized carbons (Fsp3) is 0.435. The zero-order valence-corrected chi connectivity index (χ0v) is 20.5. The molecule has 0 saturated carbocycles. The van der Waals surface area contributed by atoms with E-state index in [-0.39, 0.29) is 24.4 Å². The van der Waals surface area contributed by atoms with Crippen molar-refractivity contribution in [2.45, 2.75) is 31.6 Å². The number of halogens is 3. The second kappa shape index (κ2) is 9.75. The molecule has 0 radical (unpaired) electrons. The summed E-state index contributed by atoms with van der Waals surface area (Å²) in [5.74, 6) is 0.439. The van der Waals surface area contributed by atoms with Gasteiger partial charge in [0.2, 0.25) is 11.8 Å². The Hall–Kier alpha value is -4.10. The first-order valence-electron chi connectivity index (χ1n) is 11.7. The van der Waals surface area contributed by atoms with Crippen LogP contribution in [0.25, 0.3) is 27.7 Å². The maximum Gasteiger partial charge on any atom is 0.319 e. The lowest BCUT2D eigenvalue weighted by Gasteiger charge is -2.36. The van der Waals surface area contributed by atoms with Crippen molar-refractivity contribution in [3.05, 3.63) is 30.5 Å². The van der Waals surface area contributed by atoms with Crippen LogP contribution < -0.4 is 10.1 Å². The highest BCUT2D eigenvalue weighted by atomic mass is 19.3. The minimum absolute atomic E-state index is 0.0266. The van der Waals surface area contributed by atoms with Crippen LogP contribution in [0.15, 0.2) is 30.5 Å². The summed E-state index contributed by atoms with van der Waals surface area (Å²) in [5, 5.41) is 15.3. The Balaban J connectivity index is 1.42. The van der Waals surface area contributed by atoms with Crippen LogP contribution in [0.2, 0.25) is 0 Å². The molecule has 14 heteroatoms. The number of aromatic nitrogens is 6. The van der Waals surface area contributed by atoms with Gasteiger partial charge >= 0.3 is 6.03 Å². The van der Waals surface area contributed by atoms with Gasteiger partial charge < -0.3 is 19.9 Å². The van der Waals surface area contributed by atoms with Gasteiger partial charge in [-0.3, -0.25) is 0 Å². The van der Waals surface area contributed by atoms with Gasteiger partial charge in [-0.15, -0.1) is 10.2 Å². The van der Waals surface area contributed by atoms with Gasteiger partial charge in [0.15, 0.2) is 0 Å². The van der Waals surface area contributed by atoms with Gasteiger partial charge in [-0.25, -0.2) is 27.2 Å². The Morgan fingerprint density at radius 2 is 2.11 bits per heavy atom. The maximum atomic E-state index is 14.9. The molecule has 0 unspecified atom stereocenters. The summed E-state index contributed by atoms with van der Waals surface area (Å²) < 4.78 is 49.1. The molecule has 1 aromatic carbocycles. The summed E-state index contributed by atoms with van der Waals surface area (Å²) in [6.45, 7) is -0.182. The SMILES string of the molecule is COc1nc(N[C@H]2CCN(C(=O)N(C)C)C[C@H]2F)nn2ccc(-c3ccc4nnn(CC(F)F)c4c3)c12. The average molecular weight is 518 g/mol. The fourth-order valence-electron chi connectivity index (χ4n) is 4.52. The Morgan fingerprint density at radius 3 is 2.81 bits per heavy atom. The third-order valence-corrected chi connectivity index (χ3v) is 6.32. The number of nitrogens with zero attached hydrogens (tertiary/aromatic N) is 8. The van der Waals surface area contributed by atoms with E-state index in [0.717, 1.165) is 5.56 Å². The molecule has 37 heavy (non-hydrogen) atoms. The van der Waals surface area contributed by atoms with Gasteiger partial charge in [0.05, 0.1) is 25.2 Å². The Labute approximate surface area is 209 Å². The number of alkyl halides is 3. The summed E-state index contributed by atoms with van der Waals surface area (Å²) in [6, 6.07) is 6.25. The van der Waals surface area contributed by atoms with Crippen molar-refractivity contribution >= 4 is 28.5 Å². The molecule has 0 aliphatic carbocycles. The molecule has 1 N–H and O–H groups in total. The van der Waals surface area contributed by atoms with Crippen LogP contribution in [-0.2, 0) is 6.54 Å². The molecule has 0 bridgehead atoms. The van der Waals surface area contributed by atoms with Crippen molar-refractivity contribution in [1.29, 1.82) is 0 Å². The second-order valence-corrected chi connectivity index (χ2v) is 9.01. The predicted molar refractivity (Wildman–Crippen MR) is 130 cm³/mol. The first-order chi connectivity index (χ1) is 17.7. The lowest BCUT2D eigenvalue weighted by Crippen LogP contribution is -2.52. The molecule has 1 fully saturated rings. The van der Waals surface area contributed by atoms with Gasteiger partial charge in [-0.2, -0.15) is 4.98 Å². The van der Waals surface area contributed by atoms with Crippen molar-refractivity contribution in [2.75, 3.05) is 39.6 Å². The van der Waals surface area contributed by atoms with E-state index in [2.05, 4.69) is 25.7 Å². The van der Waals surface area contributed by atoms with Gasteiger partial charge in [-0.1, -0.05) is 11.3 Å². The number of rotatable bonds is 6. The number of carbonyl (C=O) groups excluding carboxylic acids is 1. The van der Waals surface area contributed by atoms with Gasteiger partial charge in [0.1, 0.15) is 23.7 Å². The van der Waals surface area contributed by atoms with Crippen molar-refractivity contribution in [2.24, 2.45) is 0 Å². The monoisotopic (exact) mass is 517 g/mol. The number of piperidine rings is 1. The predicted octanol–water partition coefficient (Wildman–Crippen LogP) is 2.92. The van der Waals surface area contributed by atoms with Gasteiger partial charge in [-0.05, 0) is 30.2 Å². The zero-order valence-electron chi connectivity index (χ0n) is 20.5. The van der Waals surface area contributed by atoms with Crippen molar-refractivity contribution in [1.82, 2.24) is 39.4 Å². The molecule has 11 nitrogen and oxygen atoms in total. The standard InChI is InChI=1S/C23H26F3N9O2/c1-32(2)23(36)33-8-7-16(15(24)11-33)27-22-28-21(37-3)20-14(6-9-34(20)30-22)13-4-5-17-18(10-13)35(31-29-17)12-19(25)26/h4-6,9-10,15-16,19H,7-8,11-12H2,1-3H3,(H,27,30)/t15-,16+/m1/s1. The van der Waals surface area contributed by atoms with Crippen LogP contribution in [0.5, 0.6) is 5.88 Å². The molecule has 4 heterocycles. The number of ether oxygens (including phenoxy) is 1. The van der Waals surface area contributed by atoms with E-state index in [1.165, 1.54) is 21.6 Å². The van der Waals surface area contributed by atoms with Gasteiger partial charge in [0.25, 0.3) is 6.43 Å². The normalized spacial score (nSPS) is 18.1. The molecule has 3 aromatic heterocycles. The quantitative estimate of drug-likeness (QED) is 0.419. The number of nitrogens with one attached hydrogen (secondary N) is 1. The number of anilines is 1. The third kappa shape index (κ3) is 4.70. The van der Waals surface area contributed by atoms with Crippen LogP contribution >= 0.6 is 0 Å². The average Bonchev–Trinajstić information content (AvgIpc) is 3.47. The van der Waals surface area contributed by atoms with Crippen molar-refractivity contribution in [3.63, 3.8) is 0 Å². The van der Waals surface area contributed by atoms with E-state index in [1.807, 2.05) is 6.07 Å². The summed E-state index contributed by atoms with van der Waals surface area (Å²) in [5.41, 5.74) is 2.97. The van der Waals surface area contributed by atoms with E-state index < -0.39 is 25.2 Å². The minimum atomic E-state index is -2.56. The molecule has 2 amide bonds. The smallest absolute Gasteiger partial charge is 0.319 e. The number of urea groups is 1. The van der Waals surface area contributed by atoms with Crippen molar-refractivity contribution in [3.8, 4) is 17.0 Å². The number of carbonyl (C=O) groups is 1. The number of amides is 2. The molecule has 5 rings (SSSR count). The molecule has 196 valence electrons. The molecule has 4 aromatic rings. The first kappa shape index (κ1) is 24.6. The highest BCUT2D eigenvalue weighted by molar-refractivity contribution is 5.89. The van der Waals surface area contributed by atoms with Crippen LogP contribution in [0.1, 0.15) is 6.42 Å². The number of fused-ring (bicyclic) bond motifs is 2. The second-order valence-electron chi connectivity index (χ2n) is 9.01. The molecule has 1 aliphatic heterocycles. The number of benzene rings is 1. The highest BCUT2D eigenvalue weighted by Crippen LogP contribution is 2.33. The largest absolute Gasteiger partial charge is 0.479 e. The molecule has 0 spiro atoms. The number of hydrogen-bond acceptors (Lipinski definition) is 7. The summed E-state index contributed by atoms with van der Waals surface area (Å²) >= 11 is 0. The molecular formula is C23H26F3N9O2. The zero-order chi connectivity index (χ0) is 26.3. The minimum Gasteiger partial charge on any atom is -0.479 e. The van der Waals surface area contributed by atoms with Crippen LogP contribution in [-0.4, -0.2) is 98.4 Å². The summed E-state index contributed by atoms with van der Waals surface area (Å²) in [4.78, 5) is 19.5. The summed E-state index contributed by atoms with van der Waals surface area (Å²) in [6.07, 6.45) is -1.76. The number of hydrogen-bond donors (Lipinski definition) is 1. The summed E-state index contributed by atoms with van der Waals surface area (Å²) in [7, 11) is 4.73. The Kier molecular flexibility index (Phi) is 6.48. The lowest BCUT2D eigenvalue weighted by atomic mass is 10.0. The highest BCUT2D eigenvalue weighted by Gasteiger charge is 2.33. The van der Waals surface area contributed by atoms with Crippen LogP contribution in [0.4, 0.5) is 23.9 Å². The van der Waals surface area contributed by atoms with E-state index >= 15 is 0 Å². The van der Waals surface area contributed by atoms with Crippen LogP contribution in [0.3, 0.4) is 0 Å². The fourth-order valence-corrected chi connectivity index (χ4v) is 4.52. The number of likely N-dealkylation sites (tertiary alicyclic amines) is 1. The molecule has 2 atom stereocenters. The Bertz CT molecular complexity index is 1440. The third-order valence-electron chi connectivity index (χ3n) is 6.32. The van der Waals surface area contributed by atoms with E-state index in [9.17, 15) is 18.0 Å². The maximum absolute atomic E-state index is 14.9. The lowest BCUT2D eigenvalue weighted by molar-refractivity contribution is 0.119. The van der Waals surface area contributed by atoms with E-state index in [0.29, 0.717) is 35.1 Å². The van der Waals surface area contributed by atoms with Crippen molar-refractivity contribution < 1.29 is 22.7 Å². The first-order valence-corrected chi connectivity index (χ1v) is 11.7. The van der Waals surface area contributed by atoms with Gasteiger partial charge in [0, 0.05) is 32.4 Å². The molecular weight excluding hydrogens is 491 g/mol. The number of methoxy groups -OCH3 is 1. The van der Waals surface area contributed by atoms with E-state index in [4.69, 9.17) is 4.74 Å². The topological polar surface area (TPSA) is 106 Å². The molecule has 1 aliphatic rings. The van der Waals surface area contributed by atoms with Crippen LogP contribution in [0, 0.1) is 0 Å². The van der Waals surface area contributed by atoms with E-state index in [1.54, 1.807) is 43.0 Å².